The number of nitrogens with one attached hydrogen (secondary N) is 1. The number of aryl methyl sites for hydroxylation is 1. The lowest BCUT2D eigenvalue weighted by Gasteiger charge is -2.32. The molecule has 6 nitrogen and oxygen atoms in total. The van der Waals surface area contributed by atoms with Crippen molar-refractivity contribution in [2.24, 2.45) is 5.92 Å². The number of rotatable bonds is 7. The van der Waals surface area contributed by atoms with Gasteiger partial charge in [-0.05, 0) is 62.4 Å². The maximum absolute atomic E-state index is 12.3. The Morgan fingerprint density at radius 1 is 1.29 bits per heavy atom. The zero-order chi connectivity index (χ0) is 19.3. The van der Waals surface area contributed by atoms with Gasteiger partial charge in [0.05, 0.1) is 5.01 Å². The van der Waals surface area contributed by atoms with Crippen LogP contribution in [-0.2, 0) is 13.0 Å². The Morgan fingerprint density at radius 3 is 2.93 bits per heavy atom. The number of ether oxygens (including phenoxy) is 2. The smallest absolute Gasteiger partial charge is 0.270 e. The second-order valence-electron chi connectivity index (χ2n) is 7.49. The molecule has 0 atom stereocenters. The van der Waals surface area contributed by atoms with E-state index in [1.165, 1.54) is 5.56 Å². The van der Waals surface area contributed by atoms with Crippen LogP contribution in [0, 0.1) is 5.92 Å². The number of hydrogen-bond acceptors (Lipinski definition) is 6. The Hall–Kier alpha value is -2.12. The second-order valence-corrected chi connectivity index (χ2v) is 8.44. The molecule has 1 N–H and O–H groups in total. The van der Waals surface area contributed by atoms with Gasteiger partial charge in [-0.15, -0.1) is 11.3 Å². The molecule has 1 aromatic carbocycles. The van der Waals surface area contributed by atoms with E-state index < -0.39 is 0 Å². The number of piperidine rings is 1. The number of hydrogen-bond donors (Lipinski definition) is 1. The van der Waals surface area contributed by atoms with Crippen molar-refractivity contribution in [2.45, 2.75) is 39.2 Å². The van der Waals surface area contributed by atoms with E-state index in [9.17, 15) is 4.79 Å². The molecule has 7 heteroatoms. The minimum absolute atomic E-state index is 0.0404. The van der Waals surface area contributed by atoms with E-state index in [2.05, 4.69) is 34.3 Å². The van der Waals surface area contributed by atoms with Crippen molar-refractivity contribution in [3.8, 4) is 11.5 Å². The largest absolute Gasteiger partial charge is 0.454 e. The summed E-state index contributed by atoms with van der Waals surface area (Å²) in [6.07, 6.45) is 4.20. The van der Waals surface area contributed by atoms with Crippen LogP contribution in [-0.4, -0.2) is 42.2 Å². The van der Waals surface area contributed by atoms with Crippen LogP contribution in [0.1, 0.15) is 47.2 Å². The molecule has 2 aromatic rings. The van der Waals surface area contributed by atoms with E-state index >= 15 is 0 Å². The highest BCUT2D eigenvalue weighted by Crippen LogP contribution is 2.33. The molecule has 1 amide bonds. The van der Waals surface area contributed by atoms with Crippen molar-refractivity contribution < 1.29 is 14.3 Å². The molecule has 1 fully saturated rings. The van der Waals surface area contributed by atoms with Crippen molar-refractivity contribution in [3.05, 3.63) is 39.8 Å². The van der Waals surface area contributed by atoms with Crippen LogP contribution in [0.5, 0.6) is 11.5 Å². The zero-order valence-electron chi connectivity index (χ0n) is 16.3. The summed E-state index contributed by atoms with van der Waals surface area (Å²) < 4.78 is 10.8. The van der Waals surface area contributed by atoms with Crippen LogP contribution < -0.4 is 14.8 Å². The number of amides is 1. The van der Waals surface area contributed by atoms with Crippen molar-refractivity contribution in [1.82, 2.24) is 15.2 Å². The summed E-state index contributed by atoms with van der Waals surface area (Å²) in [4.78, 5) is 19.2. The molecule has 4 rings (SSSR count). The van der Waals surface area contributed by atoms with E-state index in [1.54, 1.807) is 11.3 Å². The van der Waals surface area contributed by atoms with Crippen molar-refractivity contribution in [3.63, 3.8) is 0 Å². The first kappa shape index (κ1) is 19.2. The Balaban J connectivity index is 1.20. The number of fused-ring (bicyclic) bond motifs is 1. The molecule has 28 heavy (non-hydrogen) atoms. The fourth-order valence-electron chi connectivity index (χ4n) is 3.72. The van der Waals surface area contributed by atoms with E-state index in [4.69, 9.17) is 9.47 Å². The summed E-state index contributed by atoms with van der Waals surface area (Å²) in [6, 6.07) is 6.18. The number of carbonyl (C=O) groups is 1. The molecule has 0 radical (unpaired) electrons. The van der Waals surface area contributed by atoms with Crippen LogP contribution in [0.15, 0.2) is 23.6 Å². The lowest BCUT2D eigenvalue weighted by atomic mass is 9.96. The predicted octanol–water partition coefficient (Wildman–Crippen LogP) is 3.47. The van der Waals surface area contributed by atoms with Gasteiger partial charge >= 0.3 is 0 Å². The van der Waals surface area contributed by atoms with Gasteiger partial charge in [0, 0.05) is 18.5 Å². The predicted molar refractivity (Wildman–Crippen MR) is 109 cm³/mol. The molecule has 150 valence electrons. The van der Waals surface area contributed by atoms with Crippen LogP contribution in [0.4, 0.5) is 0 Å². The van der Waals surface area contributed by atoms with E-state index in [1.807, 2.05) is 11.4 Å². The SMILES string of the molecule is CCCc1nc(C(=O)NCC2CCN(Cc3ccc4c(c3)OCO4)CC2)cs1. The molecule has 0 spiro atoms. The second kappa shape index (κ2) is 8.92. The van der Waals surface area contributed by atoms with Gasteiger partial charge in [-0.25, -0.2) is 4.98 Å². The van der Waals surface area contributed by atoms with Crippen molar-refractivity contribution >= 4 is 17.2 Å². The molecule has 0 aliphatic carbocycles. The maximum Gasteiger partial charge on any atom is 0.270 e. The highest BCUT2D eigenvalue weighted by molar-refractivity contribution is 7.09. The topological polar surface area (TPSA) is 63.7 Å². The number of benzene rings is 1. The third-order valence-corrected chi connectivity index (χ3v) is 6.26. The maximum atomic E-state index is 12.3. The van der Waals surface area contributed by atoms with Crippen LogP contribution in [0.2, 0.25) is 0 Å². The molecule has 0 unspecified atom stereocenters. The first-order valence-electron chi connectivity index (χ1n) is 10.0. The lowest BCUT2D eigenvalue weighted by molar-refractivity contribution is 0.0930. The molecule has 0 saturated carbocycles. The summed E-state index contributed by atoms with van der Waals surface area (Å²) in [6.45, 7) is 6.20. The normalized spacial score (nSPS) is 17.0. The first-order chi connectivity index (χ1) is 13.7. The minimum Gasteiger partial charge on any atom is -0.454 e. The van der Waals surface area contributed by atoms with Crippen molar-refractivity contribution in [2.75, 3.05) is 26.4 Å². The quantitative estimate of drug-likeness (QED) is 0.770. The number of thiazole rings is 1. The monoisotopic (exact) mass is 401 g/mol. The fraction of sp³-hybridized carbons (Fsp3) is 0.524. The van der Waals surface area contributed by atoms with Gasteiger partial charge in [0.15, 0.2) is 11.5 Å². The summed E-state index contributed by atoms with van der Waals surface area (Å²) >= 11 is 1.58. The van der Waals surface area contributed by atoms with Gasteiger partial charge in [-0.1, -0.05) is 13.0 Å². The molecule has 0 bridgehead atoms. The summed E-state index contributed by atoms with van der Waals surface area (Å²) in [7, 11) is 0. The molecular formula is C21H27N3O3S. The minimum atomic E-state index is -0.0404. The molecule has 2 aliphatic heterocycles. The molecule has 1 saturated heterocycles. The summed E-state index contributed by atoms with van der Waals surface area (Å²) in [5.74, 6) is 2.17. The van der Waals surface area contributed by atoms with Gasteiger partial charge in [0.25, 0.3) is 5.91 Å². The van der Waals surface area contributed by atoms with Gasteiger partial charge in [-0.2, -0.15) is 0 Å². The van der Waals surface area contributed by atoms with Gasteiger partial charge in [0.2, 0.25) is 6.79 Å². The Labute approximate surface area is 169 Å². The van der Waals surface area contributed by atoms with Crippen molar-refractivity contribution in [1.29, 1.82) is 0 Å². The third kappa shape index (κ3) is 4.64. The van der Waals surface area contributed by atoms with E-state index in [-0.39, 0.29) is 5.91 Å². The average molecular weight is 402 g/mol. The van der Waals surface area contributed by atoms with E-state index in [0.29, 0.717) is 18.4 Å². The Kier molecular flexibility index (Phi) is 6.12. The number of carbonyl (C=O) groups excluding carboxylic acids is 1. The fourth-order valence-corrected chi connectivity index (χ4v) is 4.60. The van der Waals surface area contributed by atoms with Gasteiger partial charge in [0.1, 0.15) is 5.69 Å². The third-order valence-electron chi connectivity index (χ3n) is 5.35. The number of nitrogens with zero attached hydrogens (tertiary/aromatic N) is 2. The Bertz CT molecular complexity index is 815. The number of likely N-dealkylation sites (tertiary alicyclic amines) is 1. The number of aromatic nitrogens is 1. The van der Waals surface area contributed by atoms with Crippen LogP contribution in [0.3, 0.4) is 0 Å². The van der Waals surface area contributed by atoms with E-state index in [0.717, 1.165) is 68.4 Å². The average Bonchev–Trinajstić information content (AvgIpc) is 3.36. The highest BCUT2D eigenvalue weighted by Gasteiger charge is 2.21. The zero-order valence-corrected chi connectivity index (χ0v) is 17.1. The highest BCUT2D eigenvalue weighted by atomic mass is 32.1. The van der Waals surface area contributed by atoms with Gasteiger partial charge < -0.3 is 14.8 Å². The van der Waals surface area contributed by atoms with Crippen LogP contribution in [0.25, 0.3) is 0 Å². The molecular weight excluding hydrogens is 374 g/mol. The summed E-state index contributed by atoms with van der Waals surface area (Å²) in [5, 5.41) is 5.99. The molecule has 3 heterocycles. The Morgan fingerprint density at radius 2 is 2.11 bits per heavy atom. The van der Waals surface area contributed by atoms with Gasteiger partial charge in [-0.3, -0.25) is 9.69 Å². The van der Waals surface area contributed by atoms with Crippen LogP contribution >= 0.6 is 11.3 Å². The standard InChI is InChI=1S/C21H27N3O3S/c1-2-3-20-23-17(13-28-20)21(25)22-11-15-6-8-24(9-7-15)12-16-4-5-18-19(10-16)27-14-26-18/h4-5,10,13,15H,2-3,6-9,11-12,14H2,1H3,(H,22,25). The molecule has 1 aromatic heterocycles. The molecule has 2 aliphatic rings. The summed E-state index contributed by atoms with van der Waals surface area (Å²) in [5.41, 5.74) is 1.82. The first-order valence-corrected chi connectivity index (χ1v) is 10.9. The lowest BCUT2D eigenvalue weighted by Crippen LogP contribution is -2.38.